The number of hydrogen-bond donors (Lipinski definition) is 3. The standard InChI is InChI=1S/C12H17AsN2O3/c1-15-7-6-9(8-15)12(16)14-11-4-2-10(3-5-11)13(17)18/h2-5,9,17-18H,6-8H2,1H3,(H,14,16)/t9-/m1/s1. The Bertz CT molecular complexity index is 422. The number of benzene rings is 1. The molecule has 1 saturated heterocycles. The average Bonchev–Trinajstić information content (AvgIpc) is 2.76. The minimum atomic E-state index is -2.80. The number of carbonyl (C=O) groups excluding carboxylic acids is 1. The van der Waals surface area contributed by atoms with E-state index in [9.17, 15) is 4.79 Å². The van der Waals surface area contributed by atoms with Crippen molar-refractivity contribution < 1.29 is 13.0 Å². The first-order valence-corrected chi connectivity index (χ1v) is 8.45. The Balaban J connectivity index is 1.95. The van der Waals surface area contributed by atoms with Crippen LogP contribution in [0.3, 0.4) is 0 Å². The number of nitrogens with zero attached hydrogens (tertiary/aromatic N) is 1. The van der Waals surface area contributed by atoms with E-state index in [-0.39, 0.29) is 11.8 Å². The fraction of sp³-hybridized carbons (Fsp3) is 0.417. The van der Waals surface area contributed by atoms with E-state index in [2.05, 4.69) is 10.2 Å². The van der Waals surface area contributed by atoms with Gasteiger partial charge in [-0.25, -0.2) is 0 Å². The number of anilines is 1. The van der Waals surface area contributed by atoms with Crippen LogP contribution in [0.5, 0.6) is 0 Å². The Hall–Kier alpha value is -0.872. The van der Waals surface area contributed by atoms with Crippen molar-refractivity contribution >= 4 is 31.3 Å². The number of amides is 1. The topological polar surface area (TPSA) is 72.8 Å². The molecule has 3 N–H and O–H groups in total. The van der Waals surface area contributed by atoms with Crippen molar-refractivity contribution in [3.8, 4) is 0 Å². The van der Waals surface area contributed by atoms with Crippen molar-refractivity contribution in [2.24, 2.45) is 5.92 Å². The zero-order chi connectivity index (χ0) is 13.1. The number of carbonyl (C=O) groups is 1. The molecule has 1 aromatic carbocycles. The number of likely N-dealkylation sites (tertiary alicyclic amines) is 1. The van der Waals surface area contributed by atoms with E-state index < -0.39 is 15.3 Å². The fourth-order valence-electron chi connectivity index (χ4n) is 2.07. The molecule has 6 heteroatoms. The molecule has 0 unspecified atom stereocenters. The zero-order valence-corrected chi connectivity index (χ0v) is 12.1. The molecule has 0 bridgehead atoms. The molecule has 1 aliphatic heterocycles. The molecule has 2 rings (SSSR count). The van der Waals surface area contributed by atoms with Crippen molar-refractivity contribution in [3.63, 3.8) is 0 Å². The van der Waals surface area contributed by atoms with Gasteiger partial charge in [-0.05, 0) is 0 Å². The quantitative estimate of drug-likeness (QED) is 0.643. The SMILES string of the molecule is CN1CC[C@@H](C(=O)Nc2ccc([As](O)O)cc2)C1. The maximum absolute atomic E-state index is 12.0. The normalized spacial score (nSPS) is 20.3. The molecular weight excluding hydrogens is 295 g/mol. The van der Waals surface area contributed by atoms with Crippen molar-refractivity contribution in [2.45, 2.75) is 6.42 Å². The summed E-state index contributed by atoms with van der Waals surface area (Å²) < 4.78 is 18.8. The van der Waals surface area contributed by atoms with Crippen LogP contribution < -0.4 is 9.67 Å². The third-order valence-corrected chi connectivity index (χ3v) is 4.72. The Kier molecular flexibility index (Phi) is 4.40. The molecule has 1 fully saturated rings. The molecule has 0 aliphatic carbocycles. The van der Waals surface area contributed by atoms with E-state index in [4.69, 9.17) is 8.19 Å². The summed E-state index contributed by atoms with van der Waals surface area (Å²) in [7, 11) is 2.01. The van der Waals surface area contributed by atoms with Gasteiger partial charge < -0.3 is 0 Å². The van der Waals surface area contributed by atoms with Gasteiger partial charge in [0.2, 0.25) is 0 Å². The fourth-order valence-corrected chi connectivity index (χ4v) is 2.94. The van der Waals surface area contributed by atoms with Gasteiger partial charge in [-0.2, -0.15) is 0 Å². The van der Waals surface area contributed by atoms with Crippen molar-refractivity contribution in [1.82, 2.24) is 4.90 Å². The summed E-state index contributed by atoms with van der Waals surface area (Å²) in [4.78, 5) is 14.1. The summed E-state index contributed by atoms with van der Waals surface area (Å²) in [6.45, 7) is 1.76. The van der Waals surface area contributed by atoms with Crippen LogP contribution in [0.15, 0.2) is 24.3 Å². The van der Waals surface area contributed by atoms with Gasteiger partial charge in [0.05, 0.1) is 0 Å². The van der Waals surface area contributed by atoms with E-state index in [0.29, 0.717) is 10.0 Å². The molecule has 1 heterocycles. The molecule has 1 aromatic rings. The second kappa shape index (κ2) is 5.85. The second-order valence-corrected chi connectivity index (χ2v) is 6.87. The second-order valence-electron chi connectivity index (χ2n) is 4.57. The van der Waals surface area contributed by atoms with Crippen molar-refractivity contribution in [3.05, 3.63) is 24.3 Å². The molecule has 0 saturated carbocycles. The molecule has 18 heavy (non-hydrogen) atoms. The minimum absolute atomic E-state index is 0.0366. The summed E-state index contributed by atoms with van der Waals surface area (Å²) in [6.07, 6.45) is 0.892. The Labute approximate surface area is 111 Å². The Morgan fingerprint density at radius 2 is 2.06 bits per heavy atom. The van der Waals surface area contributed by atoms with Crippen molar-refractivity contribution in [1.29, 1.82) is 0 Å². The summed E-state index contributed by atoms with van der Waals surface area (Å²) in [6, 6.07) is 6.72. The number of rotatable bonds is 3. The third-order valence-electron chi connectivity index (χ3n) is 3.13. The van der Waals surface area contributed by atoms with Crippen LogP contribution in [0.1, 0.15) is 6.42 Å². The monoisotopic (exact) mass is 312 g/mol. The predicted octanol–water partition coefficient (Wildman–Crippen LogP) is -0.743. The van der Waals surface area contributed by atoms with Gasteiger partial charge in [-0.3, -0.25) is 0 Å². The van der Waals surface area contributed by atoms with Gasteiger partial charge in [0.1, 0.15) is 0 Å². The first-order chi connectivity index (χ1) is 8.56. The Morgan fingerprint density at radius 1 is 1.39 bits per heavy atom. The molecule has 0 spiro atoms. The van der Waals surface area contributed by atoms with Gasteiger partial charge in [-0.1, -0.05) is 0 Å². The Morgan fingerprint density at radius 3 is 2.56 bits per heavy atom. The molecule has 1 atom stereocenters. The molecule has 5 nitrogen and oxygen atoms in total. The van der Waals surface area contributed by atoms with Gasteiger partial charge in [-0.15, -0.1) is 0 Å². The number of nitrogens with one attached hydrogen (secondary N) is 1. The van der Waals surface area contributed by atoms with Crippen molar-refractivity contribution in [2.75, 3.05) is 25.5 Å². The molecule has 0 radical (unpaired) electrons. The maximum atomic E-state index is 12.0. The summed E-state index contributed by atoms with van der Waals surface area (Å²) >= 11 is -2.80. The van der Waals surface area contributed by atoms with Crippen LogP contribution in [0.25, 0.3) is 0 Å². The molecular formula is C12H17AsN2O3. The van der Waals surface area contributed by atoms with Gasteiger partial charge in [0.25, 0.3) is 0 Å². The summed E-state index contributed by atoms with van der Waals surface area (Å²) in [5.41, 5.74) is 0.703. The van der Waals surface area contributed by atoms with Crippen LogP contribution in [0, 0.1) is 5.92 Å². The molecule has 0 aromatic heterocycles. The average molecular weight is 312 g/mol. The van der Waals surface area contributed by atoms with Crippen LogP contribution in [-0.2, 0) is 4.79 Å². The van der Waals surface area contributed by atoms with E-state index in [1.165, 1.54) is 0 Å². The van der Waals surface area contributed by atoms with Crippen LogP contribution >= 0.6 is 0 Å². The number of hydrogen-bond acceptors (Lipinski definition) is 4. The van der Waals surface area contributed by atoms with Crippen LogP contribution in [0.2, 0.25) is 0 Å². The first-order valence-electron chi connectivity index (χ1n) is 5.83. The van der Waals surface area contributed by atoms with E-state index in [1.54, 1.807) is 24.3 Å². The molecule has 1 aliphatic rings. The summed E-state index contributed by atoms with van der Waals surface area (Å²) in [5, 5.41) is 2.86. The van der Waals surface area contributed by atoms with Gasteiger partial charge in [0.15, 0.2) is 0 Å². The third kappa shape index (κ3) is 3.33. The molecule has 1 amide bonds. The van der Waals surface area contributed by atoms with E-state index in [0.717, 1.165) is 19.5 Å². The van der Waals surface area contributed by atoms with E-state index >= 15 is 0 Å². The van der Waals surface area contributed by atoms with Crippen LogP contribution in [-0.4, -0.2) is 54.5 Å². The van der Waals surface area contributed by atoms with Crippen LogP contribution in [0.4, 0.5) is 5.69 Å². The molecule has 98 valence electrons. The van der Waals surface area contributed by atoms with Gasteiger partial charge in [0, 0.05) is 0 Å². The van der Waals surface area contributed by atoms with Gasteiger partial charge >= 0.3 is 111 Å². The summed E-state index contributed by atoms with van der Waals surface area (Å²) in [5.74, 6) is 0.0856. The zero-order valence-electron chi connectivity index (χ0n) is 10.2. The predicted molar refractivity (Wildman–Crippen MR) is 70.5 cm³/mol. The first kappa shape index (κ1) is 13.6. The van der Waals surface area contributed by atoms with E-state index in [1.807, 2.05) is 7.05 Å².